The first-order valence-electron chi connectivity index (χ1n) is 8.50. The smallest absolute Gasteiger partial charge is 0.0717 e. The van der Waals surface area contributed by atoms with Crippen LogP contribution >= 0.6 is 0 Å². The summed E-state index contributed by atoms with van der Waals surface area (Å²) in [4.78, 5) is 2.51. The molecule has 21 heavy (non-hydrogen) atoms. The molecule has 0 aromatic heterocycles. The van der Waals surface area contributed by atoms with Crippen LogP contribution in [0, 0.1) is 0 Å². The lowest BCUT2D eigenvalue weighted by molar-refractivity contribution is -0.0820. The normalized spacial score (nSPS) is 33.4. The van der Waals surface area contributed by atoms with Gasteiger partial charge in [-0.15, -0.1) is 0 Å². The zero-order chi connectivity index (χ0) is 15.0. The van der Waals surface area contributed by atoms with Gasteiger partial charge in [0.1, 0.15) is 0 Å². The lowest BCUT2D eigenvalue weighted by atomic mass is 9.73. The van der Waals surface area contributed by atoms with Crippen molar-refractivity contribution < 1.29 is 5.11 Å². The SMILES string of the molecule is CC(C)c1ccc(CC2(O)CC3CCCC(C2)N3C)cc1. The third kappa shape index (κ3) is 3.17. The van der Waals surface area contributed by atoms with Crippen LogP contribution < -0.4 is 0 Å². The summed E-state index contributed by atoms with van der Waals surface area (Å²) in [6.45, 7) is 4.45. The maximum atomic E-state index is 11.1. The van der Waals surface area contributed by atoms with Gasteiger partial charge in [-0.2, -0.15) is 0 Å². The van der Waals surface area contributed by atoms with Crippen molar-refractivity contribution in [3.05, 3.63) is 35.4 Å². The zero-order valence-electron chi connectivity index (χ0n) is 13.7. The van der Waals surface area contributed by atoms with Gasteiger partial charge in [-0.25, -0.2) is 0 Å². The number of hydrogen-bond acceptors (Lipinski definition) is 2. The third-order valence-corrected chi connectivity index (χ3v) is 5.64. The molecule has 2 fully saturated rings. The first-order chi connectivity index (χ1) is 9.97. The Bertz CT molecular complexity index is 465. The predicted octanol–water partition coefficient (Wildman–Crippen LogP) is 3.73. The van der Waals surface area contributed by atoms with Crippen molar-refractivity contribution in [3.8, 4) is 0 Å². The highest BCUT2D eigenvalue weighted by Gasteiger charge is 2.43. The van der Waals surface area contributed by atoms with Crippen LogP contribution in [-0.2, 0) is 6.42 Å². The van der Waals surface area contributed by atoms with Gasteiger partial charge in [-0.1, -0.05) is 44.5 Å². The van der Waals surface area contributed by atoms with E-state index in [2.05, 4.69) is 50.1 Å². The Balaban J connectivity index is 1.71. The van der Waals surface area contributed by atoms with E-state index in [4.69, 9.17) is 0 Å². The van der Waals surface area contributed by atoms with Crippen molar-refractivity contribution in [1.29, 1.82) is 0 Å². The van der Waals surface area contributed by atoms with E-state index in [1.54, 1.807) is 0 Å². The summed E-state index contributed by atoms with van der Waals surface area (Å²) in [6.07, 6.45) is 6.52. The van der Waals surface area contributed by atoms with Crippen molar-refractivity contribution >= 4 is 0 Å². The Morgan fingerprint density at radius 3 is 2.24 bits per heavy atom. The van der Waals surface area contributed by atoms with Gasteiger partial charge in [0.25, 0.3) is 0 Å². The molecule has 0 amide bonds. The van der Waals surface area contributed by atoms with Crippen LogP contribution in [0.15, 0.2) is 24.3 Å². The average Bonchev–Trinajstić information content (AvgIpc) is 2.41. The van der Waals surface area contributed by atoms with Crippen molar-refractivity contribution in [1.82, 2.24) is 4.90 Å². The van der Waals surface area contributed by atoms with Gasteiger partial charge in [-0.05, 0) is 49.8 Å². The maximum absolute atomic E-state index is 11.1. The molecule has 1 aromatic rings. The standard InChI is InChI=1S/C19H29NO/c1-14(2)16-9-7-15(8-10-16)11-19(21)12-17-5-4-6-18(13-19)20(17)3/h7-10,14,17-18,21H,4-6,11-13H2,1-3H3. The number of piperidine rings is 2. The van der Waals surface area contributed by atoms with Gasteiger partial charge in [0.05, 0.1) is 5.60 Å². The summed E-state index contributed by atoms with van der Waals surface area (Å²) < 4.78 is 0. The second-order valence-electron chi connectivity index (χ2n) is 7.61. The van der Waals surface area contributed by atoms with E-state index in [0.29, 0.717) is 18.0 Å². The minimum atomic E-state index is -0.498. The second-order valence-corrected chi connectivity index (χ2v) is 7.61. The molecular weight excluding hydrogens is 258 g/mol. The molecule has 2 nitrogen and oxygen atoms in total. The summed E-state index contributed by atoms with van der Waals surface area (Å²) in [5, 5.41) is 11.1. The first-order valence-corrected chi connectivity index (χ1v) is 8.50. The van der Waals surface area contributed by atoms with Crippen molar-refractivity contribution in [3.63, 3.8) is 0 Å². The molecule has 2 saturated heterocycles. The predicted molar refractivity (Wildman–Crippen MR) is 87.6 cm³/mol. The van der Waals surface area contributed by atoms with Crippen molar-refractivity contribution in [2.24, 2.45) is 0 Å². The minimum absolute atomic E-state index is 0.498. The molecule has 1 aromatic carbocycles. The van der Waals surface area contributed by atoms with E-state index in [1.807, 2.05) is 0 Å². The van der Waals surface area contributed by atoms with Gasteiger partial charge < -0.3 is 10.0 Å². The van der Waals surface area contributed by atoms with E-state index >= 15 is 0 Å². The van der Waals surface area contributed by atoms with Crippen LogP contribution in [0.5, 0.6) is 0 Å². The average molecular weight is 287 g/mol. The molecule has 2 bridgehead atoms. The molecule has 116 valence electrons. The Morgan fingerprint density at radius 2 is 1.71 bits per heavy atom. The van der Waals surface area contributed by atoms with E-state index in [9.17, 15) is 5.11 Å². The molecule has 2 aliphatic rings. The number of aliphatic hydroxyl groups is 1. The number of fused-ring (bicyclic) bond motifs is 2. The lowest BCUT2D eigenvalue weighted by Gasteiger charge is -2.50. The van der Waals surface area contributed by atoms with Crippen LogP contribution in [0.2, 0.25) is 0 Å². The van der Waals surface area contributed by atoms with Gasteiger partial charge in [0.2, 0.25) is 0 Å². The van der Waals surface area contributed by atoms with Crippen LogP contribution in [0.25, 0.3) is 0 Å². The highest BCUT2D eigenvalue weighted by Crippen LogP contribution is 2.39. The van der Waals surface area contributed by atoms with Crippen LogP contribution in [0.3, 0.4) is 0 Å². The highest BCUT2D eigenvalue weighted by atomic mass is 16.3. The van der Waals surface area contributed by atoms with E-state index in [0.717, 1.165) is 19.3 Å². The Labute approximate surface area is 129 Å². The molecule has 0 radical (unpaired) electrons. The summed E-state index contributed by atoms with van der Waals surface area (Å²) in [7, 11) is 2.24. The monoisotopic (exact) mass is 287 g/mol. The molecule has 2 heteroatoms. The topological polar surface area (TPSA) is 23.5 Å². The molecule has 0 spiro atoms. The highest BCUT2D eigenvalue weighted by molar-refractivity contribution is 5.26. The maximum Gasteiger partial charge on any atom is 0.0717 e. The Hall–Kier alpha value is -0.860. The molecule has 0 saturated carbocycles. The number of benzene rings is 1. The fourth-order valence-electron chi connectivity index (χ4n) is 4.29. The molecule has 3 rings (SSSR count). The fourth-order valence-corrected chi connectivity index (χ4v) is 4.29. The van der Waals surface area contributed by atoms with Crippen LogP contribution in [0.1, 0.15) is 63.0 Å². The summed E-state index contributed by atoms with van der Waals surface area (Å²) >= 11 is 0. The molecule has 2 atom stereocenters. The largest absolute Gasteiger partial charge is 0.389 e. The fraction of sp³-hybridized carbons (Fsp3) is 0.684. The first kappa shape index (κ1) is 15.1. The summed E-state index contributed by atoms with van der Waals surface area (Å²) in [5.74, 6) is 0.574. The number of hydrogen-bond donors (Lipinski definition) is 1. The third-order valence-electron chi connectivity index (χ3n) is 5.64. The minimum Gasteiger partial charge on any atom is -0.389 e. The molecule has 0 aliphatic carbocycles. The van der Waals surface area contributed by atoms with Crippen molar-refractivity contribution in [2.75, 3.05) is 7.05 Å². The van der Waals surface area contributed by atoms with Crippen LogP contribution in [-0.4, -0.2) is 34.7 Å². The Morgan fingerprint density at radius 1 is 1.14 bits per heavy atom. The molecule has 1 N–H and O–H groups in total. The van der Waals surface area contributed by atoms with E-state index in [1.165, 1.54) is 30.4 Å². The van der Waals surface area contributed by atoms with Crippen molar-refractivity contribution in [2.45, 2.75) is 76.0 Å². The summed E-state index contributed by atoms with van der Waals surface area (Å²) in [6, 6.07) is 10.0. The Kier molecular flexibility index (Phi) is 4.11. The van der Waals surface area contributed by atoms with Gasteiger partial charge in [0, 0.05) is 18.5 Å². The van der Waals surface area contributed by atoms with Gasteiger partial charge in [0.15, 0.2) is 0 Å². The van der Waals surface area contributed by atoms with E-state index in [-0.39, 0.29) is 0 Å². The van der Waals surface area contributed by atoms with Crippen LogP contribution in [0.4, 0.5) is 0 Å². The molecule has 2 unspecified atom stereocenters. The zero-order valence-corrected chi connectivity index (χ0v) is 13.7. The van der Waals surface area contributed by atoms with E-state index < -0.39 is 5.60 Å². The van der Waals surface area contributed by atoms with Gasteiger partial charge in [-0.3, -0.25) is 0 Å². The lowest BCUT2D eigenvalue weighted by Crippen LogP contribution is -2.57. The quantitative estimate of drug-likeness (QED) is 0.915. The summed E-state index contributed by atoms with van der Waals surface area (Å²) in [5.41, 5.74) is 2.16. The molecule has 2 aliphatic heterocycles. The molecule has 2 heterocycles. The second kappa shape index (κ2) is 5.73. The number of rotatable bonds is 3. The van der Waals surface area contributed by atoms with Gasteiger partial charge >= 0.3 is 0 Å². The molecular formula is C19H29NO. The number of nitrogens with zero attached hydrogens (tertiary/aromatic N) is 1.